The monoisotopic (exact) mass is 517 g/mol. The Morgan fingerprint density at radius 1 is 1.16 bits per heavy atom. The van der Waals surface area contributed by atoms with E-state index in [9.17, 15) is 18.4 Å². The first-order chi connectivity index (χ1) is 17.7. The summed E-state index contributed by atoms with van der Waals surface area (Å²) in [7, 11) is 1.26. The molecule has 0 saturated heterocycles. The Balaban J connectivity index is 1.53. The third-order valence-corrected chi connectivity index (χ3v) is 5.44. The molecule has 196 valence electrons. The van der Waals surface area contributed by atoms with E-state index < -0.39 is 24.6 Å². The van der Waals surface area contributed by atoms with Crippen LogP contribution in [-0.4, -0.2) is 42.2 Å². The fourth-order valence-electron chi connectivity index (χ4n) is 3.31. The van der Waals surface area contributed by atoms with Crippen LogP contribution in [0.5, 0.6) is 11.5 Å². The third kappa shape index (κ3) is 6.58. The van der Waals surface area contributed by atoms with Crippen molar-refractivity contribution in [3.8, 4) is 23.0 Å². The van der Waals surface area contributed by atoms with Gasteiger partial charge in [-0.15, -0.1) is 0 Å². The van der Waals surface area contributed by atoms with Gasteiger partial charge in [-0.2, -0.15) is 8.78 Å². The molecule has 0 radical (unpaired) electrons. The molecule has 4 rings (SSSR count). The first-order valence-corrected chi connectivity index (χ1v) is 11.4. The van der Waals surface area contributed by atoms with Gasteiger partial charge in [-0.25, -0.2) is 14.6 Å². The van der Waals surface area contributed by atoms with E-state index in [1.165, 1.54) is 43.6 Å². The Hall–Kier alpha value is -4.06. The number of pyridine rings is 1. The highest BCUT2D eigenvalue weighted by atomic mass is 19.3. The molecule has 2 aromatic heterocycles. The number of ether oxygens (including phenoxy) is 4. The van der Waals surface area contributed by atoms with Crippen molar-refractivity contribution >= 4 is 11.9 Å². The van der Waals surface area contributed by atoms with Gasteiger partial charge in [0.2, 0.25) is 5.89 Å². The summed E-state index contributed by atoms with van der Waals surface area (Å²) < 4.78 is 51.6. The Labute approximate surface area is 210 Å². The van der Waals surface area contributed by atoms with E-state index in [0.29, 0.717) is 23.8 Å². The molecule has 1 aliphatic rings. The average molecular weight is 517 g/mol. The molecular weight excluding hydrogens is 492 g/mol. The summed E-state index contributed by atoms with van der Waals surface area (Å²) in [6, 6.07) is 6.55. The number of aromatic nitrogens is 2. The standard InChI is InChI=1S/C25H25F2N3O7/c1-13(28)21-20(24(32)35-12-17-7-5-16(10-29-17)23(31)33-2)30-22(37-21)15-6-8-18(36-25(26)27)19(9-15)34-11-14-3-4-14/h5-10,13-14,25H,3-4,11-12,28H2,1-2H3/t13-/m0/s1. The molecule has 0 amide bonds. The summed E-state index contributed by atoms with van der Waals surface area (Å²) in [5.74, 6) is -0.865. The van der Waals surface area contributed by atoms with Crippen LogP contribution >= 0.6 is 0 Å². The van der Waals surface area contributed by atoms with Crippen LogP contribution in [0.25, 0.3) is 11.5 Å². The van der Waals surface area contributed by atoms with Crippen molar-refractivity contribution in [1.82, 2.24) is 9.97 Å². The van der Waals surface area contributed by atoms with Gasteiger partial charge in [0.15, 0.2) is 23.0 Å². The largest absolute Gasteiger partial charge is 0.489 e. The zero-order valence-electron chi connectivity index (χ0n) is 20.1. The van der Waals surface area contributed by atoms with Gasteiger partial charge in [-0.1, -0.05) is 0 Å². The summed E-state index contributed by atoms with van der Waals surface area (Å²) in [6.07, 6.45) is 3.33. The van der Waals surface area contributed by atoms with E-state index >= 15 is 0 Å². The molecule has 2 heterocycles. The van der Waals surface area contributed by atoms with Crippen LogP contribution in [-0.2, 0) is 16.1 Å². The second-order valence-electron chi connectivity index (χ2n) is 8.42. The Morgan fingerprint density at radius 3 is 2.57 bits per heavy atom. The van der Waals surface area contributed by atoms with Gasteiger partial charge in [0.05, 0.1) is 31.0 Å². The van der Waals surface area contributed by atoms with Crippen LogP contribution < -0.4 is 15.2 Å². The van der Waals surface area contributed by atoms with Crippen LogP contribution in [0.1, 0.15) is 58.1 Å². The van der Waals surface area contributed by atoms with Gasteiger partial charge >= 0.3 is 18.6 Å². The van der Waals surface area contributed by atoms with Crippen LogP contribution in [0.4, 0.5) is 8.78 Å². The van der Waals surface area contributed by atoms with Gasteiger partial charge in [0.1, 0.15) is 6.61 Å². The SMILES string of the molecule is COC(=O)c1ccc(COC(=O)c2nc(-c3ccc(OC(F)F)c(OCC4CC4)c3)oc2[C@H](C)N)nc1. The molecule has 37 heavy (non-hydrogen) atoms. The molecule has 1 saturated carbocycles. The number of carbonyl (C=O) groups excluding carboxylic acids is 2. The number of carbonyl (C=O) groups is 2. The second kappa shape index (κ2) is 11.3. The number of hydrogen-bond acceptors (Lipinski definition) is 10. The van der Waals surface area contributed by atoms with Crippen LogP contribution in [0.3, 0.4) is 0 Å². The van der Waals surface area contributed by atoms with Gasteiger partial charge in [-0.3, -0.25) is 4.98 Å². The smallest absolute Gasteiger partial charge is 0.387 e. The van der Waals surface area contributed by atoms with E-state index in [1.807, 2.05) is 0 Å². The predicted molar refractivity (Wildman–Crippen MR) is 124 cm³/mol. The van der Waals surface area contributed by atoms with Crippen molar-refractivity contribution in [2.75, 3.05) is 13.7 Å². The number of benzene rings is 1. The summed E-state index contributed by atoms with van der Waals surface area (Å²) in [6.45, 7) is -1.24. The quantitative estimate of drug-likeness (QED) is 0.367. The van der Waals surface area contributed by atoms with Crippen molar-refractivity contribution in [1.29, 1.82) is 0 Å². The molecule has 10 nitrogen and oxygen atoms in total. The fourth-order valence-corrected chi connectivity index (χ4v) is 3.31. The summed E-state index contributed by atoms with van der Waals surface area (Å²) in [5, 5.41) is 0. The molecule has 0 aliphatic heterocycles. The van der Waals surface area contributed by atoms with Crippen molar-refractivity contribution in [2.45, 2.75) is 39.0 Å². The van der Waals surface area contributed by atoms with Crippen molar-refractivity contribution in [2.24, 2.45) is 11.7 Å². The highest BCUT2D eigenvalue weighted by molar-refractivity contribution is 5.89. The van der Waals surface area contributed by atoms with Gasteiger partial charge in [-0.05, 0) is 56.0 Å². The lowest BCUT2D eigenvalue weighted by atomic mass is 10.2. The Morgan fingerprint density at radius 2 is 1.95 bits per heavy atom. The molecule has 0 spiro atoms. The van der Waals surface area contributed by atoms with E-state index in [1.54, 1.807) is 6.92 Å². The number of alkyl halides is 2. The molecule has 0 unspecified atom stereocenters. The maximum Gasteiger partial charge on any atom is 0.387 e. The maximum absolute atomic E-state index is 12.8. The van der Waals surface area contributed by atoms with E-state index in [-0.39, 0.29) is 41.0 Å². The zero-order valence-corrected chi connectivity index (χ0v) is 20.1. The molecule has 1 aromatic carbocycles. The molecule has 12 heteroatoms. The van der Waals surface area contributed by atoms with E-state index in [0.717, 1.165) is 12.8 Å². The lowest BCUT2D eigenvalue weighted by Gasteiger charge is -2.12. The molecule has 1 aliphatic carbocycles. The number of oxazole rings is 1. The molecule has 0 bridgehead atoms. The number of nitrogens with zero attached hydrogens (tertiary/aromatic N) is 2. The minimum Gasteiger partial charge on any atom is -0.489 e. The van der Waals surface area contributed by atoms with Crippen LogP contribution in [0.15, 0.2) is 40.9 Å². The van der Waals surface area contributed by atoms with Crippen molar-refractivity contribution < 1.29 is 41.7 Å². The number of rotatable bonds is 11. The third-order valence-electron chi connectivity index (χ3n) is 5.44. The molecular formula is C25H25F2N3O7. The highest BCUT2D eigenvalue weighted by Crippen LogP contribution is 2.37. The molecule has 1 fully saturated rings. The van der Waals surface area contributed by atoms with Gasteiger partial charge in [0, 0.05) is 11.8 Å². The van der Waals surface area contributed by atoms with Crippen molar-refractivity contribution in [3.05, 3.63) is 59.2 Å². The molecule has 3 aromatic rings. The number of esters is 2. The first-order valence-electron chi connectivity index (χ1n) is 11.4. The molecule has 1 atom stereocenters. The topological polar surface area (TPSA) is 136 Å². The van der Waals surface area contributed by atoms with Crippen LogP contribution in [0, 0.1) is 5.92 Å². The maximum atomic E-state index is 12.8. The van der Waals surface area contributed by atoms with E-state index in [2.05, 4.69) is 19.4 Å². The molecule has 2 N–H and O–H groups in total. The lowest BCUT2D eigenvalue weighted by Crippen LogP contribution is -2.13. The number of methoxy groups -OCH3 is 1. The predicted octanol–water partition coefficient (Wildman–Crippen LogP) is 4.29. The zero-order chi connectivity index (χ0) is 26.5. The number of hydrogen-bond donors (Lipinski definition) is 1. The van der Waals surface area contributed by atoms with Gasteiger partial charge < -0.3 is 29.1 Å². The summed E-state index contributed by atoms with van der Waals surface area (Å²) in [5.41, 5.74) is 6.86. The number of halogens is 2. The minimum atomic E-state index is -3.02. The minimum absolute atomic E-state index is 0.0275. The Kier molecular flexibility index (Phi) is 7.97. The lowest BCUT2D eigenvalue weighted by molar-refractivity contribution is -0.0515. The normalized spacial score (nSPS) is 13.8. The first kappa shape index (κ1) is 26.0. The van der Waals surface area contributed by atoms with Crippen molar-refractivity contribution in [3.63, 3.8) is 0 Å². The number of nitrogens with two attached hydrogens (primary N) is 1. The fraction of sp³-hybridized carbons (Fsp3) is 0.360. The van der Waals surface area contributed by atoms with Gasteiger partial charge in [0.25, 0.3) is 0 Å². The second-order valence-corrected chi connectivity index (χ2v) is 8.42. The Bertz CT molecular complexity index is 1260. The highest BCUT2D eigenvalue weighted by Gasteiger charge is 2.27. The van der Waals surface area contributed by atoms with E-state index in [4.69, 9.17) is 19.6 Å². The summed E-state index contributed by atoms with van der Waals surface area (Å²) in [4.78, 5) is 32.7. The average Bonchev–Trinajstić information content (AvgIpc) is 3.61. The summed E-state index contributed by atoms with van der Waals surface area (Å²) >= 11 is 0. The van der Waals surface area contributed by atoms with Crippen LogP contribution in [0.2, 0.25) is 0 Å².